The fourth-order valence-corrected chi connectivity index (χ4v) is 1.83. The van der Waals surface area contributed by atoms with Crippen molar-refractivity contribution in [1.82, 2.24) is 15.0 Å². The summed E-state index contributed by atoms with van der Waals surface area (Å²) in [6, 6.07) is 3.91. The lowest BCUT2D eigenvalue weighted by Crippen LogP contribution is -2.13. The van der Waals surface area contributed by atoms with Gasteiger partial charge in [0.25, 0.3) is 0 Å². The first-order valence-electron chi connectivity index (χ1n) is 5.83. The third kappa shape index (κ3) is 2.81. The number of aromatic carboxylic acids is 1. The summed E-state index contributed by atoms with van der Waals surface area (Å²) in [5, 5.41) is 15.9. The number of carboxylic acid groups (broad SMARTS) is 1. The van der Waals surface area contributed by atoms with Crippen LogP contribution in [0.1, 0.15) is 34.6 Å². The van der Waals surface area contributed by atoms with E-state index >= 15 is 0 Å². The highest BCUT2D eigenvalue weighted by Gasteiger charge is 2.30. The third-order valence-electron chi connectivity index (χ3n) is 3.02. The van der Waals surface area contributed by atoms with Crippen LogP contribution >= 0.6 is 0 Å². The Morgan fingerprint density at radius 2 is 1.90 bits per heavy atom. The van der Waals surface area contributed by atoms with E-state index in [0.29, 0.717) is 5.56 Å². The molecule has 1 atom stereocenters. The normalized spacial score (nSPS) is 13.1. The van der Waals surface area contributed by atoms with E-state index < -0.39 is 29.4 Å². The second kappa shape index (κ2) is 5.08. The number of benzene rings is 1. The molecule has 0 radical (unpaired) electrons. The number of anilines is 1. The van der Waals surface area contributed by atoms with Gasteiger partial charge >= 0.3 is 12.1 Å². The summed E-state index contributed by atoms with van der Waals surface area (Å²) in [5.41, 5.74) is 4.95. The first-order valence-corrected chi connectivity index (χ1v) is 5.83. The third-order valence-corrected chi connectivity index (χ3v) is 3.02. The number of rotatable bonds is 3. The smallest absolute Gasteiger partial charge is 0.416 e. The van der Waals surface area contributed by atoms with Gasteiger partial charge in [-0.25, -0.2) is 9.48 Å². The minimum absolute atomic E-state index is 0.158. The first kappa shape index (κ1) is 14.8. The summed E-state index contributed by atoms with van der Waals surface area (Å²) in [7, 11) is 0. The average Bonchev–Trinajstić information content (AvgIpc) is 2.79. The Balaban J connectivity index is 2.32. The summed E-state index contributed by atoms with van der Waals surface area (Å²) >= 11 is 0. The van der Waals surface area contributed by atoms with Gasteiger partial charge < -0.3 is 10.8 Å². The van der Waals surface area contributed by atoms with Crippen LogP contribution < -0.4 is 5.73 Å². The van der Waals surface area contributed by atoms with Crippen molar-refractivity contribution in [2.24, 2.45) is 0 Å². The van der Waals surface area contributed by atoms with Crippen LogP contribution in [0.15, 0.2) is 24.3 Å². The van der Waals surface area contributed by atoms with Gasteiger partial charge in [-0.2, -0.15) is 13.2 Å². The molecule has 1 heterocycles. The van der Waals surface area contributed by atoms with Crippen LogP contribution in [-0.2, 0) is 6.18 Å². The highest BCUT2D eigenvalue weighted by molar-refractivity contribution is 5.90. The maximum atomic E-state index is 12.5. The van der Waals surface area contributed by atoms with E-state index in [-0.39, 0.29) is 5.82 Å². The lowest BCUT2D eigenvalue weighted by atomic mass is 10.1. The summed E-state index contributed by atoms with van der Waals surface area (Å²) in [6.07, 6.45) is -4.41. The molecule has 1 aromatic heterocycles. The number of nitrogens with two attached hydrogens (primary N) is 1. The molecule has 3 N–H and O–H groups in total. The molecule has 0 unspecified atom stereocenters. The van der Waals surface area contributed by atoms with Crippen LogP contribution in [0.5, 0.6) is 0 Å². The predicted molar refractivity (Wildman–Crippen MR) is 66.7 cm³/mol. The number of nitrogens with zero attached hydrogens (tertiary/aromatic N) is 3. The molecular formula is C12H11F3N4O2. The molecule has 0 aliphatic carbocycles. The molecule has 0 spiro atoms. The monoisotopic (exact) mass is 300 g/mol. The van der Waals surface area contributed by atoms with Gasteiger partial charge in [0.05, 0.1) is 11.6 Å². The van der Waals surface area contributed by atoms with Gasteiger partial charge in [0.15, 0.2) is 5.82 Å². The summed E-state index contributed by atoms with van der Waals surface area (Å²) < 4.78 is 38.6. The highest BCUT2D eigenvalue weighted by atomic mass is 19.4. The number of aromatic nitrogens is 3. The second-order valence-corrected chi connectivity index (χ2v) is 4.37. The molecule has 0 aliphatic rings. The molecule has 9 heteroatoms. The van der Waals surface area contributed by atoms with Crippen LogP contribution in [0, 0.1) is 0 Å². The van der Waals surface area contributed by atoms with Gasteiger partial charge in [0, 0.05) is 0 Å². The first-order chi connectivity index (χ1) is 9.71. The predicted octanol–water partition coefficient (Wildman–Crippen LogP) is 2.19. The Morgan fingerprint density at radius 1 is 1.33 bits per heavy atom. The largest absolute Gasteiger partial charge is 0.476 e. The van der Waals surface area contributed by atoms with Gasteiger partial charge in [-0.1, -0.05) is 17.3 Å². The molecule has 6 nitrogen and oxygen atoms in total. The zero-order chi connectivity index (χ0) is 15.8. The SMILES string of the molecule is C[C@@H](c1ccc(C(F)(F)F)cc1)n1nnc(C(=O)O)c1N. The lowest BCUT2D eigenvalue weighted by molar-refractivity contribution is -0.137. The minimum atomic E-state index is -4.41. The van der Waals surface area contributed by atoms with Crippen LogP contribution in [-0.4, -0.2) is 26.1 Å². The lowest BCUT2D eigenvalue weighted by Gasteiger charge is -2.14. The molecule has 1 aromatic carbocycles. The van der Waals surface area contributed by atoms with E-state index in [4.69, 9.17) is 10.8 Å². The topological polar surface area (TPSA) is 94.0 Å². The van der Waals surface area contributed by atoms with E-state index in [1.165, 1.54) is 12.1 Å². The standard InChI is InChI=1S/C12H11F3N4O2/c1-6(19-10(16)9(11(20)21)17-18-19)7-2-4-8(5-3-7)12(13,14)15/h2-6H,16H2,1H3,(H,20,21)/t6-/m0/s1. The number of carbonyl (C=O) groups is 1. The minimum Gasteiger partial charge on any atom is -0.476 e. The number of hydrogen-bond acceptors (Lipinski definition) is 4. The van der Waals surface area contributed by atoms with Gasteiger partial charge in [-0.3, -0.25) is 0 Å². The number of carboxylic acids is 1. The molecule has 2 rings (SSSR count). The van der Waals surface area contributed by atoms with Crippen LogP contribution in [0.3, 0.4) is 0 Å². The zero-order valence-corrected chi connectivity index (χ0v) is 10.8. The molecular weight excluding hydrogens is 289 g/mol. The van der Waals surface area contributed by atoms with Crippen molar-refractivity contribution in [3.8, 4) is 0 Å². The molecule has 0 saturated heterocycles. The summed E-state index contributed by atoms with van der Waals surface area (Å²) in [4.78, 5) is 10.8. The maximum Gasteiger partial charge on any atom is 0.416 e. The number of alkyl halides is 3. The molecule has 2 aromatic rings. The molecule has 21 heavy (non-hydrogen) atoms. The Kier molecular flexibility index (Phi) is 3.58. The van der Waals surface area contributed by atoms with E-state index in [1.807, 2.05) is 0 Å². The second-order valence-electron chi connectivity index (χ2n) is 4.37. The molecule has 0 fully saturated rings. The van der Waals surface area contributed by atoms with Crippen molar-refractivity contribution in [3.63, 3.8) is 0 Å². The Bertz CT molecular complexity index is 664. The van der Waals surface area contributed by atoms with Crippen molar-refractivity contribution < 1.29 is 23.1 Å². The van der Waals surface area contributed by atoms with Crippen LogP contribution in [0.4, 0.5) is 19.0 Å². The summed E-state index contributed by atoms with van der Waals surface area (Å²) in [5.74, 6) is -1.48. The number of hydrogen-bond donors (Lipinski definition) is 2. The molecule has 0 aliphatic heterocycles. The van der Waals surface area contributed by atoms with Crippen molar-refractivity contribution >= 4 is 11.8 Å². The molecule has 0 bridgehead atoms. The van der Waals surface area contributed by atoms with Gasteiger partial charge in [0.1, 0.15) is 0 Å². The van der Waals surface area contributed by atoms with Crippen LogP contribution in [0.25, 0.3) is 0 Å². The van der Waals surface area contributed by atoms with Crippen molar-refractivity contribution in [3.05, 3.63) is 41.1 Å². The average molecular weight is 300 g/mol. The van der Waals surface area contributed by atoms with Crippen molar-refractivity contribution in [2.45, 2.75) is 19.1 Å². The van der Waals surface area contributed by atoms with Crippen LogP contribution in [0.2, 0.25) is 0 Å². The van der Waals surface area contributed by atoms with Gasteiger partial charge in [-0.15, -0.1) is 5.10 Å². The summed E-state index contributed by atoms with van der Waals surface area (Å²) in [6.45, 7) is 1.62. The Morgan fingerprint density at radius 3 is 2.33 bits per heavy atom. The van der Waals surface area contributed by atoms with E-state index in [0.717, 1.165) is 16.8 Å². The number of halogens is 3. The zero-order valence-electron chi connectivity index (χ0n) is 10.8. The van der Waals surface area contributed by atoms with Crippen molar-refractivity contribution in [1.29, 1.82) is 0 Å². The van der Waals surface area contributed by atoms with E-state index in [1.54, 1.807) is 6.92 Å². The quantitative estimate of drug-likeness (QED) is 0.906. The van der Waals surface area contributed by atoms with Crippen molar-refractivity contribution in [2.75, 3.05) is 5.73 Å². The van der Waals surface area contributed by atoms with Gasteiger partial charge in [-0.05, 0) is 24.6 Å². The molecule has 0 saturated carbocycles. The van der Waals surface area contributed by atoms with Gasteiger partial charge in [0.2, 0.25) is 5.69 Å². The molecule has 112 valence electrons. The molecule has 0 amide bonds. The fourth-order valence-electron chi connectivity index (χ4n) is 1.83. The van der Waals surface area contributed by atoms with E-state index in [2.05, 4.69) is 10.3 Å². The van der Waals surface area contributed by atoms with E-state index in [9.17, 15) is 18.0 Å². The Hall–Kier alpha value is -2.58. The maximum absolute atomic E-state index is 12.5. The Labute approximate surface area is 117 Å². The number of nitrogen functional groups attached to an aromatic ring is 1. The highest BCUT2D eigenvalue weighted by Crippen LogP contribution is 2.30. The fraction of sp³-hybridized carbons (Fsp3) is 0.250.